The Morgan fingerprint density at radius 3 is 2.71 bits per heavy atom. The minimum atomic E-state index is -1.11. The smallest absolute Gasteiger partial charge is 0.181 e. The molecule has 0 aliphatic heterocycles. The van der Waals surface area contributed by atoms with E-state index in [4.69, 9.17) is 16.3 Å². The molecule has 2 rings (SSSR count). The minimum Gasteiger partial charge on any atom is -0.359 e. The molecule has 0 fully saturated rings. The molecule has 21 heavy (non-hydrogen) atoms. The van der Waals surface area contributed by atoms with Crippen molar-refractivity contribution in [2.24, 2.45) is 0 Å². The second-order valence-corrected chi connectivity index (χ2v) is 12.8. The number of rotatable bonds is 6. The Morgan fingerprint density at radius 1 is 1.38 bits per heavy atom. The zero-order valence-electron chi connectivity index (χ0n) is 12.1. The van der Waals surface area contributed by atoms with E-state index in [2.05, 4.69) is 57.3 Å². The van der Waals surface area contributed by atoms with Crippen LogP contribution in [0.1, 0.15) is 10.5 Å². The highest BCUT2D eigenvalue weighted by atomic mass is 127. The average molecular weight is 439 g/mol. The van der Waals surface area contributed by atoms with Gasteiger partial charge >= 0.3 is 0 Å². The molecule has 2 aromatic rings. The van der Waals surface area contributed by atoms with Crippen molar-refractivity contribution in [1.29, 1.82) is 0 Å². The summed E-state index contributed by atoms with van der Waals surface area (Å²) in [6.45, 7) is 7.90. The van der Waals surface area contributed by atoms with Crippen LogP contribution in [0, 0.1) is 3.70 Å². The molecule has 2 heterocycles. The SMILES string of the molecule is C[Si](C)(C)CCOCn1nc(I)c2nc(C=O)c(Cl)nc21. The molecule has 9 heteroatoms. The van der Waals surface area contributed by atoms with Gasteiger partial charge in [-0.05, 0) is 28.6 Å². The lowest BCUT2D eigenvalue weighted by Crippen LogP contribution is -2.22. The van der Waals surface area contributed by atoms with Crippen LogP contribution in [0.25, 0.3) is 11.2 Å². The minimum absolute atomic E-state index is 0.0807. The summed E-state index contributed by atoms with van der Waals surface area (Å²) >= 11 is 7.98. The maximum Gasteiger partial charge on any atom is 0.181 e. The normalized spacial score (nSPS) is 12.0. The molecular weight excluding hydrogens is 423 g/mol. The molecule has 0 aliphatic rings. The molecular formula is C12H16ClIN4O2Si. The van der Waals surface area contributed by atoms with Crippen molar-refractivity contribution in [2.45, 2.75) is 32.4 Å². The first-order chi connectivity index (χ1) is 9.81. The summed E-state index contributed by atoms with van der Waals surface area (Å²) < 4.78 is 7.95. The van der Waals surface area contributed by atoms with Crippen molar-refractivity contribution < 1.29 is 9.53 Å². The second-order valence-electron chi connectivity index (χ2n) is 5.83. The van der Waals surface area contributed by atoms with Crippen LogP contribution < -0.4 is 0 Å². The van der Waals surface area contributed by atoms with Gasteiger partial charge in [-0.1, -0.05) is 31.2 Å². The van der Waals surface area contributed by atoms with Gasteiger partial charge in [0.25, 0.3) is 0 Å². The van der Waals surface area contributed by atoms with Gasteiger partial charge in [0.05, 0.1) is 0 Å². The Morgan fingerprint density at radius 2 is 2.10 bits per heavy atom. The number of halogens is 2. The summed E-state index contributed by atoms with van der Waals surface area (Å²) in [4.78, 5) is 19.2. The molecule has 6 nitrogen and oxygen atoms in total. The van der Waals surface area contributed by atoms with Gasteiger partial charge in [0.1, 0.15) is 17.9 Å². The molecule has 0 aromatic carbocycles. The predicted molar refractivity (Wildman–Crippen MR) is 92.5 cm³/mol. The summed E-state index contributed by atoms with van der Waals surface area (Å²) in [6.07, 6.45) is 0.590. The van der Waals surface area contributed by atoms with Crippen LogP contribution in [0.3, 0.4) is 0 Å². The first-order valence-corrected chi connectivity index (χ1v) is 11.6. The lowest BCUT2D eigenvalue weighted by atomic mass is 10.4. The van der Waals surface area contributed by atoms with E-state index in [1.807, 2.05) is 0 Å². The largest absolute Gasteiger partial charge is 0.359 e. The van der Waals surface area contributed by atoms with Crippen LogP contribution in [0.4, 0.5) is 0 Å². The number of carbonyl (C=O) groups excluding carboxylic acids is 1. The number of aromatic nitrogens is 4. The third-order valence-electron chi connectivity index (χ3n) is 2.83. The van der Waals surface area contributed by atoms with Gasteiger partial charge in [-0.2, -0.15) is 5.10 Å². The van der Waals surface area contributed by atoms with Crippen LogP contribution in [-0.4, -0.2) is 40.7 Å². The van der Waals surface area contributed by atoms with Gasteiger partial charge in [0.15, 0.2) is 20.8 Å². The van der Waals surface area contributed by atoms with Gasteiger partial charge < -0.3 is 4.74 Å². The molecule has 0 aliphatic carbocycles. The zero-order chi connectivity index (χ0) is 15.6. The van der Waals surface area contributed by atoms with Crippen LogP contribution in [0.5, 0.6) is 0 Å². The van der Waals surface area contributed by atoms with E-state index in [1.54, 1.807) is 4.68 Å². The van der Waals surface area contributed by atoms with E-state index < -0.39 is 8.07 Å². The van der Waals surface area contributed by atoms with Gasteiger partial charge in [0.2, 0.25) is 0 Å². The molecule has 0 atom stereocenters. The first kappa shape index (κ1) is 16.8. The Hall–Kier alpha value is -0.583. The molecule has 0 bridgehead atoms. The van der Waals surface area contributed by atoms with Crippen LogP contribution in [0.15, 0.2) is 0 Å². The van der Waals surface area contributed by atoms with Crippen LogP contribution in [-0.2, 0) is 11.5 Å². The lowest BCUT2D eigenvalue weighted by molar-refractivity contribution is 0.0810. The maximum absolute atomic E-state index is 10.9. The maximum atomic E-state index is 10.9. The lowest BCUT2D eigenvalue weighted by Gasteiger charge is -2.15. The van der Waals surface area contributed by atoms with E-state index in [9.17, 15) is 4.79 Å². The molecule has 0 unspecified atom stereocenters. The molecule has 2 aromatic heterocycles. The number of carbonyl (C=O) groups is 1. The molecule has 0 amide bonds. The number of ether oxygens (including phenoxy) is 1. The standard InChI is InChI=1S/C12H16ClIN4O2Si/c1-21(2,3)5-4-20-7-18-12-9(11(14)17-18)15-8(6-19)10(13)16-12/h6H,4-5,7H2,1-3H3. The topological polar surface area (TPSA) is 69.9 Å². The zero-order valence-corrected chi connectivity index (χ0v) is 16.0. The Bertz CT molecular complexity index is 671. The second kappa shape index (κ2) is 6.67. The van der Waals surface area contributed by atoms with E-state index >= 15 is 0 Å². The number of aldehydes is 1. The summed E-state index contributed by atoms with van der Waals surface area (Å²) in [6, 6.07) is 1.09. The third kappa shape index (κ3) is 4.21. The van der Waals surface area contributed by atoms with Crippen LogP contribution >= 0.6 is 34.2 Å². The van der Waals surface area contributed by atoms with Gasteiger partial charge in [-0.15, -0.1) is 0 Å². The van der Waals surface area contributed by atoms with E-state index in [-0.39, 0.29) is 10.8 Å². The third-order valence-corrected chi connectivity index (χ3v) is 5.54. The summed E-state index contributed by atoms with van der Waals surface area (Å²) in [5.74, 6) is 0. The fourth-order valence-corrected chi connectivity index (χ4v) is 3.18. The average Bonchev–Trinajstić information content (AvgIpc) is 2.69. The molecule has 0 spiro atoms. The van der Waals surface area contributed by atoms with Gasteiger partial charge in [-0.25, -0.2) is 14.6 Å². The monoisotopic (exact) mass is 438 g/mol. The van der Waals surface area contributed by atoms with Crippen molar-refractivity contribution in [3.63, 3.8) is 0 Å². The highest BCUT2D eigenvalue weighted by molar-refractivity contribution is 14.1. The molecule has 0 radical (unpaired) electrons. The fourth-order valence-electron chi connectivity index (χ4n) is 1.63. The van der Waals surface area contributed by atoms with E-state index in [0.717, 1.165) is 6.04 Å². The van der Waals surface area contributed by atoms with Crippen molar-refractivity contribution in [3.05, 3.63) is 14.5 Å². The Labute approximate surface area is 142 Å². The number of nitrogens with zero attached hydrogens (tertiary/aromatic N) is 4. The summed E-state index contributed by atoms with van der Waals surface area (Å²) in [5.41, 5.74) is 1.22. The predicted octanol–water partition coefficient (Wildman–Crippen LogP) is 3.21. The quantitative estimate of drug-likeness (QED) is 0.300. The highest BCUT2D eigenvalue weighted by Crippen LogP contribution is 2.20. The summed E-state index contributed by atoms with van der Waals surface area (Å²) in [5, 5.41) is 4.41. The first-order valence-electron chi connectivity index (χ1n) is 6.44. The molecule has 114 valence electrons. The molecule has 0 N–H and O–H groups in total. The Balaban J connectivity index is 2.17. The molecule has 0 saturated heterocycles. The van der Waals surface area contributed by atoms with Gasteiger partial charge in [-0.3, -0.25) is 4.79 Å². The number of hydrogen-bond donors (Lipinski definition) is 0. The highest BCUT2D eigenvalue weighted by Gasteiger charge is 2.16. The van der Waals surface area contributed by atoms with E-state index in [1.165, 1.54) is 0 Å². The Kier molecular flexibility index (Phi) is 5.33. The van der Waals surface area contributed by atoms with Crippen molar-refractivity contribution >= 4 is 59.7 Å². The summed E-state index contributed by atoms with van der Waals surface area (Å²) in [7, 11) is -1.11. The van der Waals surface area contributed by atoms with Crippen molar-refractivity contribution in [1.82, 2.24) is 19.7 Å². The van der Waals surface area contributed by atoms with Gasteiger partial charge in [0, 0.05) is 14.7 Å². The fraction of sp³-hybridized carbons (Fsp3) is 0.500. The number of fused-ring (bicyclic) bond motifs is 1. The van der Waals surface area contributed by atoms with E-state index in [0.29, 0.717) is 34.5 Å². The van der Waals surface area contributed by atoms with Crippen molar-refractivity contribution in [3.8, 4) is 0 Å². The van der Waals surface area contributed by atoms with Crippen LogP contribution in [0.2, 0.25) is 30.8 Å². The number of hydrogen-bond acceptors (Lipinski definition) is 5. The van der Waals surface area contributed by atoms with Crippen molar-refractivity contribution in [2.75, 3.05) is 6.61 Å². The molecule has 0 saturated carbocycles.